The molecule has 2 aromatic heterocycles. The molecule has 0 aromatic carbocycles. The van der Waals surface area contributed by atoms with Gasteiger partial charge in [0.25, 0.3) is 0 Å². The van der Waals surface area contributed by atoms with Crippen LogP contribution in [0.3, 0.4) is 0 Å². The normalized spacial score (nSPS) is 10.6. The van der Waals surface area contributed by atoms with Crippen LogP contribution in [0.4, 0.5) is 5.69 Å². The zero-order chi connectivity index (χ0) is 11.4. The van der Waals surface area contributed by atoms with E-state index >= 15 is 0 Å². The predicted molar refractivity (Wildman–Crippen MR) is 61.7 cm³/mol. The SMILES string of the molecule is COCCn1nccc1-c1ccncc1N. The van der Waals surface area contributed by atoms with Gasteiger partial charge in [-0.1, -0.05) is 0 Å². The molecule has 0 amide bonds. The Hall–Kier alpha value is -1.88. The van der Waals surface area contributed by atoms with E-state index in [0.717, 1.165) is 11.3 Å². The lowest BCUT2D eigenvalue weighted by atomic mass is 10.1. The Bertz CT molecular complexity index is 467. The molecule has 5 nitrogen and oxygen atoms in total. The van der Waals surface area contributed by atoms with Gasteiger partial charge in [0.15, 0.2) is 0 Å². The van der Waals surface area contributed by atoms with Crippen LogP contribution in [0.15, 0.2) is 30.7 Å². The number of anilines is 1. The maximum absolute atomic E-state index is 5.87. The Morgan fingerprint density at radius 2 is 2.25 bits per heavy atom. The molecule has 0 fully saturated rings. The molecule has 0 radical (unpaired) electrons. The third kappa shape index (κ3) is 2.04. The van der Waals surface area contributed by atoms with Crippen LogP contribution in [-0.4, -0.2) is 28.5 Å². The Kier molecular flexibility index (Phi) is 3.16. The molecule has 0 aliphatic rings. The second kappa shape index (κ2) is 4.76. The maximum Gasteiger partial charge on any atom is 0.0705 e. The van der Waals surface area contributed by atoms with Crippen LogP contribution < -0.4 is 5.73 Å². The number of nitrogens with two attached hydrogens (primary N) is 1. The molecule has 5 heteroatoms. The van der Waals surface area contributed by atoms with E-state index in [2.05, 4.69) is 10.1 Å². The smallest absolute Gasteiger partial charge is 0.0705 e. The number of rotatable bonds is 4. The van der Waals surface area contributed by atoms with Gasteiger partial charge < -0.3 is 10.5 Å². The molecule has 0 atom stereocenters. The van der Waals surface area contributed by atoms with Crippen LogP contribution in [0, 0.1) is 0 Å². The lowest BCUT2D eigenvalue weighted by molar-refractivity contribution is 0.184. The van der Waals surface area contributed by atoms with Gasteiger partial charge in [-0.2, -0.15) is 5.10 Å². The van der Waals surface area contributed by atoms with E-state index in [9.17, 15) is 0 Å². The van der Waals surface area contributed by atoms with Crippen molar-refractivity contribution in [3.05, 3.63) is 30.7 Å². The second-order valence-electron chi connectivity index (χ2n) is 3.40. The quantitative estimate of drug-likeness (QED) is 0.836. The minimum absolute atomic E-state index is 0.625. The standard InChI is InChI=1S/C11H14N4O/c1-16-7-6-15-11(3-5-14-15)9-2-4-13-8-10(9)12/h2-5,8H,6-7,12H2,1H3. The lowest BCUT2D eigenvalue weighted by Crippen LogP contribution is -2.07. The van der Waals surface area contributed by atoms with E-state index in [1.165, 1.54) is 0 Å². The van der Waals surface area contributed by atoms with Crippen LogP contribution >= 0.6 is 0 Å². The fourth-order valence-corrected chi connectivity index (χ4v) is 1.56. The highest BCUT2D eigenvalue weighted by Gasteiger charge is 2.07. The summed E-state index contributed by atoms with van der Waals surface area (Å²) in [5.41, 5.74) is 8.46. The van der Waals surface area contributed by atoms with E-state index in [4.69, 9.17) is 10.5 Å². The van der Waals surface area contributed by atoms with Gasteiger partial charge in [0.1, 0.15) is 0 Å². The molecule has 2 rings (SSSR count). The maximum atomic E-state index is 5.87. The summed E-state index contributed by atoms with van der Waals surface area (Å²) in [5, 5.41) is 4.23. The van der Waals surface area contributed by atoms with Gasteiger partial charge in [-0.25, -0.2) is 0 Å². The summed E-state index contributed by atoms with van der Waals surface area (Å²) in [6, 6.07) is 3.82. The first-order valence-electron chi connectivity index (χ1n) is 5.03. The lowest BCUT2D eigenvalue weighted by Gasteiger charge is -2.08. The largest absolute Gasteiger partial charge is 0.397 e. The Labute approximate surface area is 93.9 Å². The van der Waals surface area contributed by atoms with Crippen molar-refractivity contribution in [3.8, 4) is 11.3 Å². The highest BCUT2D eigenvalue weighted by atomic mass is 16.5. The van der Waals surface area contributed by atoms with Gasteiger partial charge >= 0.3 is 0 Å². The molecular weight excluding hydrogens is 204 g/mol. The topological polar surface area (TPSA) is 66.0 Å². The molecule has 84 valence electrons. The van der Waals surface area contributed by atoms with Gasteiger partial charge in [0, 0.05) is 25.1 Å². The van der Waals surface area contributed by atoms with Crippen LogP contribution in [0.1, 0.15) is 0 Å². The van der Waals surface area contributed by atoms with Crippen molar-refractivity contribution in [2.24, 2.45) is 0 Å². The summed E-state index contributed by atoms with van der Waals surface area (Å²) in [6.45, 7) is 1.33. The first-order chi connectivity index (χ1) is 7.83. The summed E-state index contributed by atoms with van der Waals surface area (Å²) in [4.78, 5) is 3.97. The zero-order valence-corrected chi connectivity index (χ0v) is 9.13. The van der Waals surface area contributed by atoms with E-state index in [1.807, 2.05) is 16.8 Å². The van der Waals surface area contributed by atoms with Crippen molar-refractivity contribution < 1.29 is 4.74 Å². The third-order valence-corrected chi connectivity index (χ3v) is 2.35. The number of ether oxygens (including phenoxy) is 1. The average Bonchev–Trinajstić information content (AvgIpc) is 2.75. The van der Waals surface area contributed by atoms with Crippen molar-refractivity contribution in [2.45, 2.75) is 6.54 Å². The summed E-state index contributed by atoms with van der Waals surface area (Å²) >= 11 is 0. The molecule has 2 aromatic rings. The minimum atomic E-state index is 0.625. The summed E-state index contributed by atoms with van der Waals surface area (Å²) in [6.07, 6.45) is 5.12. The second-order valence-corrected chi connectivity index (χ2v) is 3.40. The van der Waals surface area contributed by atoms with Crippen molar-refractivity contribution in [3.63, 3.8) is 0 Å². The summed E-state index contributed by atoms with van der Waals surface area (Å²) in [7, 11) is 1.67. The Morgan fingerprint density at radius 3 is 3.00 bits per heavy atom. The number of pyridine rings is 1. The van der Waals surface area contributed by atoms with Crippen LogP contribution in [0.5, 0.6) is 0 Å². The molecule has 0 bridgehead atoms. The number of nitrogens with zero attached hydrogens (tertiary/aromatic N) is 3. The van der Waals surface area contributed by atoms with Crippen LogP contribution in [-0.2, 0) is 11.3 Å². The van der Waals surface area contributed by atoms with Gasteiger partial charge in [-0.15, -0.1) is 0 Å². The first-order valence-corrected chi connectivity index (χ1v) is 5.03. The fraction of sp³-hybridized carbons (Fsp3) is 0.273. The average molecular weight is 218 g/mol. The van der Waals surface area contributed by atoms with E-state index in [0.29, 0.717) is 18.8 Å². The van der Waals surface area contributed by atoms with Crippen molar-refractivity contribution in [1.29, 1.82) is 0 Å². The molecule has 2 N–H and O–H groups in total. The van der Waals surface area contributed by atoms with E-state index < -0.39 is 0 Å². The fourth-order valence-electron chi connectivity index (χ4n) is 1.56. The summed E-state index contributed by atoms with van der Waals surface area (Å²) in [5.74, 6) is 0. The monoisotopic (exact) mass is 218 g/mol. The third-order valence-electron chi connectivity index (χ3n) is 2.35. The number of hydrogen-bond donors (Lipinski definition) is 1. The molecule has 0 saturated heterocycles. The molecule has 0 saturated carbocycles. The van der Waals surface area contributed by atoms with Crippen molar-refractivity contribution in [1.82, 2.24) is 14.8 Å². The minimum Gasteiger partial charge on any atom is -0.397 e. The van der Waals surface area contributed by atoms with Crippen molar-refractivity contribution in [2.75, 3.05) is 19.5 Å². The van der Waals surface area contributed by atoms with Crippen LogP contribution in [0.25, 0.3) is 11.3 Å². The number of nitrogen functional groups attached to an aromatic ring is 1. The molecule has 0 spiro atoms. The van der Waals surface area contributed by atoms with E-state index in [-0.39, 0.29) is 0 Å². The molecule has 0 aliphatic carbocycles. The van der Waals surface area contributed by atoms with Gasteiger partial charge in [-0.05, 0) is 12.1 Å². The van der Waals surface area contributed by atoms with Gasteiger partial charge in [0.05, 0.1) is 30.7 Å². The highest BCUT2D eigenvalue weighted by Crippen LogP contribution is 2.23. The Balaban J connectivity index is 2.33. The molecule has 0 aliphatic heterocycles. The number of methoxy groups -OCH3 is 1. The molecule has 16 heavy (non-hydrogen) atoms. The van der Waals surface area contributed by atoms with E-state index in [1.54, 1.807) is 25.7 Å². The van der Waals surface area contributed by atoms with Crippen LogP contribution in [0.2, 0.25) is 0 Å². The zero-order valence-electron chi connectivity index (χ0n) is 9.13. The summed E-state index contributed by atoms with van der Waals surface area (Å²) < 4.78 is 6.90. The molecule has 0 unspecified atom stereocenters. The molecule has 2 heterocycles. The number of aromatic nitrogens is 3. The van der Waals surface area contributed by atoms with Gasteiger partial charge in [-0.3, -0.25) is 9.67 Å². The Morgan fingerprint density at radius 1 is 1.38 bits per heavy atom. The number of hydrogen-bond acceptors (Lipinski definition) is 4. The van der Waals surface area contributed by atoms with Crippen molar-refractivity contribution >= 4 is 5.69 Å². The highest BCUT2D eigenvalue weighted by molar-refractivity contribution is 5.72. The van der Waals surface area contributed by atoms with Gasteiger partial charge in [0.2, 0.25) is 0 Å². The molecular formula is C11H14N4O. The predicted octanol–water partition coefficient (Wildman–Crippen LogP) is 1.17. The first kappa shape index (κ1) is 10.6.